The van der Waals surface area contributed by atoms with Crippen LogP contribution in [0.5, 0.6) is 0 Å². The van der Waals surface area contributed by atoms with Crippen LogP contribution >= 0.6 is 0 Å². The molecule has 4 heterocycles. The van der Waals surface area contributed by atoms with Crippen LogP contribution in [0.25, 0.3) is 11.5 Å². The van der Waals surface area contributed by atoms with E-state index in [9.17, 15) is 4.79 Å². The first-order valence-corrected chi connectivity index (χ1v) is 9.68. The Bertz CT molecular complexity index is 1220. The molecule has 1 N–H and O–H groups in total. The highest BCUT2D eigenvalue weighted by atomic mass is 16.1. The van der Waals surface area contributed by atoms with E-state index >= 15 is 0 Å². The molecule has 1 amide bonds. The van der Waals surface area contributed by atoms with Gasteiger partial charge in [0.1, 0.15) is 12.1 Å². The molecule has 1 atom stereocenters. The summed E-state index contributed by atoms with van der Waals surface area (Å²) in [5.74, 6) is 1.68. The molecule has 3 aromatic heterocycles. The Balaban J connectivity index is 1.62. The van der Waals surface area contributed by atoms with Crippen LogP contribution in [0.3, 0.4) is 0 Å². The summed E-state index contributed by atoms with van der Waals surface area (Å²) in [5.41, 5.74) is 4.97. The number of fused-ring (bicyclic) bond motifs is 2. The number of aryl methyl sites for hydroxylation is 1. The van der Waals surface area contributed by atoms with Gasteiger partial charge in [-0.1, -0.05) is 38.1 Å². The van der Waals surface area contributed by atoms with Crippen LogP contribution in [-0.4, -0.2) is 35.5 Å². The zero-order valence-electron chi connectivity index (χ0n) is 16.5. The maximum Gasteiger partial charge on any atom is 0.226 e. The molecular weight excluding hydrogens is 366 g/mol. The van der Waals surface area contributed by atoms with E-state index in [0.717, 1.165) is 16.8 Å². The van der Waals surface area contributed by atoms with Crippen LogP contribution in [0, 0.1) is 6.92 Å². The van der Waals surface area contributed by atoms with Crippen molar-refractivity contribution in [3.8, 4) is 5.82 Å². The SMILES string of the molecule is Cc1nn(-c2ccc3nncn3n2)c2c1[C@H](c1ccc(C(C)C)cc1)CC(=O)N2. The van der Waals surface area contributed by atoms with Crippen LogP contribution in [0.4, 0.5) is 5.82 Å². The third-order valence-corrected chi connectivity index (χ3v) is 5.47. The van der Waals surface area contributed by atoms with E-state index < -0.39 is 0 Å². The Kier molecular flexibility index (Phi) is 3.94. The Labute approximate surface area is 167 Å². The molecular formula is C21H21N7O. The van der Waals surface area contributed by atoms with Crippen molar-refractivity contribution in [3.63, 3.8) is 0 Å². The van der Waals surface area contributed by atoms with Gasteiger partial charge in [-0.3, -0.25) is 4.79 Å². The normalized spacial score (nSPS) is 16.3. The Hall–Kier alpha value is -3.55. The largest absolute Gasteiger partial charge is 0.310 e. The number of rotatable bonds is 3. The summed E-state index contributed by atoms with van der Waals surface area (Å²) in [7, 11) is 0. The Morgan fingerprint density at radius 2 is 1.90 bits per heavy atom. The number of benzene rings is 1. The lowest BCUT2D eigenvalue weighted by Gasteiger charge is -2.24. The highest BCUT2D eigenvalue weighted by Crippen LogP contribution is 2.40. The summed E-state index contributed by atoms with van der Waals surface area (Å²) in [6, 6.07) is 12.2. The van der Waals surface area contributed by atoms with Crippen molar-refractivity contribution in [2.45, 2.75) is 39.0 Å². The highest BCUT2D eigenvalue weighted by molar-refractivity contribution is 5.95. The lowest BCUT2D eigenvalue weighted by Crippen LogP contribution is -2.25. The molecule has 4 aromatic rings. The fraction of sp³-hybridized carbons (Fsp3) is 0.286. The molecule has 0 radical (unpaired) electrons. The molecule has 0 saturated heterocycles. The van der Waals surface area contributed by atoms with E-state index in [0.29, 0.717) is 29.6 Å². The van der Waals surface area contributed by atoms with Crippen molar-refractivity contribution in [1.82, 2.24) is 29.6 Å². The highest BCUT2D eigenvalue weighted by Gasteiger charge is 2.33. The molecule has 8 heteroatoms. The molecule has 0 aliphatic carbocycles. The zero-order valence-corrected chi connectivity index (χ0v) is 16.5. The minimum atomic E-state index is -0.0349. The number of carbonyl (C=O) groups is 1. The molecule has 1 aliphatic heterocycles. The maximum absolute atomic E-state index is 12.6. The molecule has 8 nitrogen and oxygen atoms in total. The molecule has 29 heavy (non-hydrogen) atoms. The second-order valence-electron chi connectivity index (χ2n) is 7.71. The summed E-state index contributed by atoms with van der Waals surface area (Å²) in [5, 5.41) is 20.1. The number of carbonyl (C=O) groups excluding carboxylic acids is 1. The monoisotopic (exact) mass is 387 g/mol. The average molecular weight is 387 g/mol. The number of amides is 1. The van der Waals surface area contributed by atoms with Gasteiger partial charge in [-0.05, 0) is 36.1 Å². The molecule has 0 bridgehead atoms. The third-order valence-electron chi connectivity index (χ3n) is 5.47. The summed E-state index contributed by atoms with van der Waals surface area (Å²) in [4.78, 5) is 12.6. The van der Waals surface area contributed by atoms with Gasteiger partial charge in [0.15, 0.2) is 11.5 Å². The first-order chi connectivity index (χ1) is 14.0. The van der Waals surface area contributed by atoms with Gasteiger partial charge in [-0.2, -0.15) is 14.3 Å². The molecule has 1 aliphatic rings. The van der Waals surface area contributed by atoms with Crippen LogP contribution < -0.4 is 5.32 Å². The van der Waals surface area contributed by atoms with E-state index in [4.69, 9.17) is 5.10 Å². The molecule has 1 aromatic carbocycles. The smallest absolute Gasteiger partial charge is 0.226 e. The van der Waals surface area contributed by atoms with Gasteiger partial charge >= 0.3 is 0 Å². The molecule has 5 rings (SSSR count). The van der Waals surface area contributed by atoms with Crippen molar-refractivity contribution in [3.05, 3.63) is 65.1 Å². The van der Waals surface area contributed by atoms with Crippen molar-refractivity contribution in [1.29, 1.82) is 0 Å². The number of nitrogens with zero attached hydrogens (tertiary/aromatic N) is 6. The lowest BCUT2D eigenvalue weighted by molar-refractivity contribution is -0.116. The number of hydrogen-bond donors (Lipinski definition) is 1. The van der Waals surface area contributed by atoms with Gasteiger partial charge in [0.2, 0.25) is 5.91 Å². The first-order valence-electron chi connectivity index (χ1n) is 9.68. The minimum Gasteiger partial charge on any atom is -0.310 e. The number of nitrogens with one attached hydrogen (secondary N) is 1. The number of aromatic nitrogens is 6. The van der Waals surface area contributed by atoms with Gasteiger partial charge in [0.05, 0.1) is 5.69 Å². The van der Waals surface area contributed by atoms with Crippen molar-refractivity contribution in [2.24, 2.45) is 0 Å². The van der Waals surface area contributed by atoms with Gasteiger partial charge < -0.3 is 5.32 Å². The van der Waals surface area contributed by atoms with E-state index in [2.05, 4.69) is 58.7 Å². The number of hydrogen-bond acceptors (Lipinski definition) is 5. The summed E-state index contributed by atoms with van der Waals surface area (Å²) >= 11 is 0. The van der Waals surface area contributed by atoms with E-state index in [1.807, 2.05) is 19.1 Å². The van der Waals surface area contributed by atoms with Crippen LogP contribution in [0.15, 0.2) is 42.7 Å². The van der Waals surface area contributed by atoms with Crippen LogP contribution in [0.2, 0.25) is 0 Å². The zero-order chi connectivity index (χ0) is 20.1. The van der Waals surface area contributed by atoms with Gasteiger partial charge in [-0.15, -0.1) is 15.3 Å². The molecule has 0 fully saturated rings. The van der Waals surface area contributed by atoms with Gasteiger partial charge in [0.25, 0.3) is 0 Å². The maximum atomic E-state index is 12.6. The van der Waals surface area contributed by atoms with Crippen LogP contribution in [-0.2, 0) is 4.79 Å². The predicted molar refractivity (Wildman–Crippen MR) is 108 cm³/mol. The molecule has 0 unspecified atom stereocenters. The van der Waals surface area contributed by atoms with Gasteiger partial charge in [0, 0.05) is 17.9 Å². The predicted octanol–water partition coefficient (Wildman–Crippen LogP) is 3.22. The molecule has 0 spiro atoms. The van der Waals surface area contributed by atoms with Crippen molar-refractivity contribution in [2.75, 3.05) is 5.32 Å². The standard InChI is InChI=1S/C21H21N7O/c1-12(2)14-4-6-15(7-5-14)16-10-19(29)23-21-20(16)13(3)25-28(21)18-9-8-17-24-22-11-27(17)26-18/h4-9,11-12,16H,10H2,1-3H3,(H,23,29)/t16-/m0/s1. The first kappa shape index (κ1) is 17.5. The fourth-order valence-corrected chi connectivity index (χ4v) is 3.94. The molecule has 0 saturated carbocycles. The summed E-state index contributed by atoms with van der Waals surface area (Å²) in [6.07, 6.45) is 1.94. The number of anilines is 1. The topological polar surface area (TPSA) is 90.0 Å². The summed E-state index contributed by atoms with van der Waals surface area (Å²) in [6.45, 7) is 6.32. The average Bonchev–Trinajstić information content (AvgIpc) is 3.31. The van der Waals surface area contributed by atoms with E-state index in [-0.39, 0.29) is 11.8 Å². The van der Waals surface area contributed by atoms with E-state index in [1.165, 1.54) is 5.56 Å². The van der Waals surface area contributed by atoms with Crippen molar-refractivity contribution >= 4 is 17.4 Å². The molecule has 146 valence electrons. The van der Waals surface area contributed by atoms with E-state index in [1.54, 1.807) is 15.5 Å². The quantitative estimate of drug-likeness (QED) is 0.583. The lowest BCUT2D eigenvalue weighted by atomic mass is 9.85. The Morgan fingerprint density at radius 1 is 1.10 bits per heavy atom. The van der Waals surface area contributed by atoms with Gasteiger partial charge in [-0.25, -0.2) is 0 Å². The third kappa shape index (κ3) is 2.88. The second-order valence-corrected chi connectivity index (χ2v) is 7.71. The minimum absolute atomic E-state index is 0.0260. The van der Waals surface area contributed by atoms with Crippen molar-refractivity contribution < 1.29 is 4.79 Å². The Morgan fingerprint density at radius 3 is 2.66 bits per heavy atom. The summed E-state index contributed by atoms with van der Waals surface area (Å²) < 4.78 is 3.28. The fourth-order valence-electron chi connectivity index (χ4n) is 3.94. The second kappa shape index (κ2) is 6.51. The van der Waals surface area contributed by atoms with Crippen LogP contribution in [0.1, 0.15) is 54.5 Å².